The summed E-state index contributed by atoms with van der Waals surface area (Å²) >= 11 is 0. The lowest BCUT2D eigenvalue weighted by Gasteiger charge is -2.42. The molecule has 2 saturated heterocycles. The molecule has 1 N–H and O–H groups in total. The summed E-state index contributed by atoms with van der Waals surface area (Å²) in [7, 11) is 3.44. The fourth-order valence-corrected chi connectivity index (χ4v) is 4.13. The van der Waals surface area contributed by atoms with Crippen LogP contribution in [0.4, 0.5) is 0 Å². The quantitative estimate of drug-likeness (QED) is 0.842. The highest BCUT2D eigenvalue weighted by Crippen LogP contribution is 2.46. The van der Waals surface area contributed by atoms with Gasteiger partial charge in [0, 0.05) is 18.0 Å². The lowest BCUT2D eigenvalue weighted by molar-refractivity contribution is -0.151. The summed E-state index contributed by atoms with van der Waals surface area (Å²) in [5, 5.41) is 10.3. The van der Waals surface area contributed by atoms with Crippen LogP contribution in [0.15, 0.2) is 24.3 Å². The molecule has 4 heteroatoms. The van der Waals surface area contributed by atoms with Crippen molar-refractivity contribution in [2.24, 2.45) is 5.92 Å². The van der Waals surface area contributed by atoms with E-state index < -0.39 is 6.10 Å². The Bertz CT molecular complexity index is 527. The second kappa shape index (κ2) is 5.43. The number of likely N-dealkylation sites (N-methyl/N-ethyl adjacent to an activating group) is 1. The Kier molecular flexibility index (Phi) is 3.76. The predicted molar refractivity (Wildman–Crippen MR) is 80.0 cm³/mol. The van der Waals surface area contributed by atoms with Gasteiger partial charge < -0.3 is 9.84 Å². The van der Waals surface area contributed by atoms with Crippen molar-refractivity contribution >= 4 is 5.97 Å². The van der Waals surface area contributed by atoms with E-state index in [1.165, 1.54) is 18.2 Å². The van der Waals surface area contributed by atoms with Crippen LogP contribution < -0.4 is 0 Å². The Morgan fingerprint density at radius 2 is 1.95 bits per heavy atom. The molecule has 0 spiro atoms. The van der Waals surface area contributed by atoms with Crippen molar-refractivity contribution in [2.45, 2.75) is 43.9 Å². The summed E-state index contributed by atoms with van der Waals surface area (Å²) in [5.74, 6) is -0.380. The number of esters is 1. The van der Waals surface area contributed by atoms with Gasteiger partial charge in [0.25, 0.3) is 0 Å². The molecule has 3 rings (SSSR count). The minimum absolute atomic E-state index is 0.126. The van der Waals surface area contributed by atoms with Gasteiger partial charge in [0.2, 0.25) is 0 Å². The minimum atomic E-state index is -0.445. The number of aliphatic hydroxyl groups excluding tert-OH is 1. The van der Waals surface area contributed by atoms with Crippen LogP contribution in [0.2, 0.25) is 0 Å². The molecule has 4 nitrogen and oxygen atoms in total. The van der Waals surface area contributed by atoms with E-state index in [1.54, 1.807) is 0 Å². The highest BCUT2D eigenvalue weighted by Gasteiger charge is 2.53. The van der Waals surface area contributed by atoms with Crippen LogP contribution in [0.25, 0.3) is 0 Å². The number of fused-ring (bicyclic) bond motifs is 2. The average molecular weight is 289 g/mol. The largest absolute Gasteiger partial charge is 0.469 e. The third-order valence-electron chi connectivity index (χ3n) is 5.26. The zero-order valence-electron chi connectivity index (χ0n) is 12.8. The fraction of sp³-hybridized carbons (Fsp3) is 0.588. The second-order valence-electron chi connectivity index (χ2n) is 6.41. The lowest BCUT2D eigenvalue weighted by Crippen LogP contribution is -2.51. The first-order valence-corrected chi connectivity index (χ1v) is 7.57. The van der Waals surface area contributed by atoms with Crippen LogP contribution in [0.1, 0.15) is 29.9 Å². The fourth-order valence-electron chi connectivity index (χ4n) is 4.13. The van der Waals surface area contributed by atoms with E-state index in [4.69, 9.17) is 4.74 Å². The Balaban J connectivity index is 1.98. The summed E-state index contributed by atoms with van der Waals surface area (Å²) in [6.45, 7) is 2.06. The van der Waals surface area contributed by atoms with Crippen molar-refractivity contribution in [3.63, 3.8) is 0 Å². The minimum Gasteiger partial charge on any atom is -0.469 e. The molecule has 0 amide bonds. The molecule has 2 fully saturated rings. The second-order valence-corrected chi connectivity index (χ2v) is 6.41. The molecule has 5 atom stereocenters. The normalized spacial score (nSPS) is 35.7. The van der Waals surface area contributed by atoms with Crippen LogP contribution in [0.3, 0.4) is 0 Å². The van der Waals surface area contributed by atoms with Gasteiger partial charge in [-0.3, -0.25) is 9.69 Å². The number of methoxy groups -OCH3 is 1. The van der Waals surface area contributed by atoms with Gasteiger partial charge in [0.05, 0.1) is 19.1 Å². The highest BCUT2D eigenvalue weighted by atomic mass is 16.5. The number of nitrogens with zero attached hydrogens (tertiary/aromatic N) is 1. The maximum atomic E-state index is 12.3. The van der Waals surface area contributed by atoms with Crippen molar-refractivity contribution in [3.05, 3.63) is 35.4 Å². The van der Waals surface area contributed by atoms with Gasteiger partial charge in [0.1, 0.15) is 0 Å². The van der Waals surface area contributed by atoms with Gasteiger partial charge in [-0.05, 0) is 32.4 Å². The third kappa shape index (κ3) is 2.36. The molecule has 1 aromatic rings. The molecule has 1 aromatic carbocycles. The number of aryl methyl sites for hydroxylation is 1. The van der Waals surface area contributed by atoms with Gasteiger partial charge in [-0.2, -0.15) is 0 Å². The van der Waals surface area contributed by atoms with Gasteiger partial charge >= 0.3 is 5.97 Å². The number of hydrogen-bond donors (Lipinski definition) is 1. The van der Waals surface area contributed by atoms with E-state index in [0.717, 1.165) is 12.8 Å². The number of ether oxygens (including phenoxy) is 1. The van der Waals surface area contributed by atoms with Crippen LogP contribution in [-0.4, -0.2) is 48.3 Å². The van der Waals surface area contributed by atoms with Crippen molar-refractivity contribution < 1.29 is 14.6 Å². The predicted octanol–water partition coefficient (Wildman–Crippen LogP) is 1.71. The van der Waals surface area contributed by atoms with E-state index >= 15 is 0 Å². The Labute approximate surface area is 125 Å². The van der Waals surface area contributed by atoms with E-state index in [9.17, 15) is 9.90 Å². The number of carbonyl (C=O) groups is 1. The van der Waals surface area contributed by atoms with Crippen LogP contribution in [0, 0.1) is 12.8 Å². The average Bonchev–Trinajstić information content (AvgIpc) is 2.66. The summed E-state index contributed by atoms with van der Waals surface area (Å²) in [6, 6.07) is 8.58. The number of rotatable bonds is 2. The molecule has 2 aliphatic heterocycles. The SMILES string of the molecule is COC(=O)[C@@H]1C2[C@@H](O)CC(C[C@@H]1c1ccc(C)cc1)N2C. The number of carbonyl (C=O) groups excluding carboxylic acids is 1. The Morgan fingerprint density at radius 3 is 2.57 bits per heavy atom. The molecule has 0 aromatic heterocycles. The van der Waals surface area contributed by atoms with Crippen LogP contribution in [0.5, 0.6) is 0 Å². The van der Waals surface area contributed by atoms with Crippen LogP contribution in [-0.2, 0) is 9.53 Å². The van der Waals surface area contributed by atoms with Gasteiger partial charge in [-0.25, -0.2) is 0 Å². The topological polar surface area (TPSA) is 49.8 Å². The van der Waals surface area contributed by atoms with Gasteiger partial charge in [-0.1, -0.05) is 29.8 Å². The Hall–Kier alpha value is -1.39. The summed E-state index contributed by atoms with van der Waals surface area (Å²) in [4.78, 5) is 14.5. The number of aliphatic hydroxyl groups is 1. The number of piperidine rings is 1. The molecule has 2 heterocycles. The van der Waals surface area contributed by atoms with E-state index in [1.807, 2.05) is 7.05 Å². The van der Waals surface area contributed by atoms with Gasteiger partial charge in [0.15, 0.2) is 0 Å². The molecule has 2 unspecified atom stereocenters. The molecule has 0 aliphatic carbocycles. The van der Waals surface area contributed by atoms with Crippen molar-refractivity contribution in [3.8, 4) is 0 Å². The smallest absolute Gasteiger partial charge is 0.310 e. The van der Waals surface area contributed by atoms with Crippen LogP contribution >= 0.6 is 0 Å². The molecule has 21 heavy (non-hydrogen) atoms. The zero-order chi connectivity index (χ0) is 15.1. The molecular formula is C17H23NO3. The summed E-state index contributed by atoms with van der Waals surface area (Å²) < 4.78 is 5.04. The first-order valence-electron chi connectivity index (χ1n) is 7.57. The van der Waals surface area contributed by atoms with Gasteiger partial charge in [-0.15, -0.1) is 0 Å². The number of benzene rings is 1. The highest BCUT2D eigenvalue weighted by molar-refractivity contribution is 5.75. The standard InChI is InChI=1S/C17H23NO3/c1-10-4-6-11(7-5-10)13-8-12-9-14(19)16(18(12)2)15(13)17(20)21-3/h4-7,12-16,19H,8-9H2,1-3H3/t12?,13-,14+,15+,16?/m1/s1. The van der Waals surface area contributed by atoms with Crippen molar-refractivity contribution in [1.82, 2.24) is 4.90 Å². The molecule has 2 aliphatic rings. The molecule has 0 saturated carbocycles. The molecular weight excluding hydrogens is 266 g/mol. The molecule has 114 valence electrons. The van der Waals surface area contributed by atoms with Crippen molar-refractivity contribution in [1.29, 1.82) is 0 Å². The maximum Gasteiger partial charge on any atom is 0.310 e. The van der Waals surface area contributed by atoms with E-state index in [-0.39, 0.29) is 23.8 Å². The van der Waals surface area contributed by atoms with E-state index in [2.05, 4.69) is 36.1 Å². The van der Waals surface area contributed by atoms with E-state index in [0.29, 0.717) is 6.04 Å². The summed E-state index contributed by atoms with van der Waals surface area (Å²) in [5.41, 5.74) is 2.39. The lowest BCUT2D eigenvalue weighted by atomic mass is 9.76. The molecule has 2 bridgehead atoms. The number of hydrogen-bond acceptors (Lipinski definition) is 4. The monoisotopic (exact) mass is 289 g/mol. The van der Waals surface area contributed by atoms with Crippen molar-refractivity contribution in [2.75, 3.05) is 14.2 Å². The third-order valence-corrected chi connectivity index (χ3v) is 5.26. The zero-order valence-corrected chi connectivity index (χ0v) is 12.8. The first-order chi connectivity index (χ1) is 10.0. The maximum absolute atomic E-state index is 12.3. The molecule has 0 radical (unpaired) electrons. The first kappa shape index (κ1) is 14.5. The summed E-state index contributed by atoms with van der Waals surface area (Å²) in [6.07, 6.45) is 1.20. The Morgan fingerprint density at radius 1 is 1.29 bits per heavy atom.